The molecule has 0 aliphatic heterocycles. The molecule has 0 radical (unpaired) electrons. The summed E-state index contributed by atoms with van der Waals surface area (Å²) in [6.45, 7) is 4.57. The molecule has 0 saturated heterocycles. The second-order valence-electron chi connectivity index (χ2n) is 7.21. The molecule has 1 amide bonds. The van der Waals surface area contributed by atoms with E-state index in [9.17, 15) is 9.59 Å². The van der Waals surface area contributed by atoms with Crippen LogP contribution in [0.3, 0.4) is 0 Å². The van der Waals surface area contributed by atoms with Gasteiger partial charge in [-0.3, -0.25) is 4.79 Å². The van der Waals surface area contributed by atoms with E-state index in [1.807, 2.05) is 30.3 Å². The number of rotatable bonds is 8. The highest BCUT2D eigenvalue weighted by Crippen LogP contribution is 2.30. The number of ether oxygens (including phenoxy) is 1. The summed E-state index contributed by atoms with van der Waals surface area (Å²) >= 11 is 0. The van der Waals surface area contributed by atoms with Crippen LogP contribution in [0.1, 0.15) is 64.4 Å². The number of carbonyl (C=O) groups is 2. The quantitative estimate of drug-likeness (QED) is 0.731. The Kier molecular flexibility index (Phi) is 7.96. The van der Waals surface area contributed by atoms with Crippen LogP contribution in [-0.4, -0.2) is 17.9 Å². The molecule has 1 saturated carbocycles. The Labute approximate surface area is 151 Å². The molecule has 0 bridgehead atoms. The predicted octanol–water partition coefficient (Wildman–Crippen LogP) is 4.87. The lowest BCUT2D eigenvalue weighted by Gasteiger charge is -2.29. The lowest BCUT2D eigenvalue weighted by atomic mass is 9.76. The first-order valence-corrected chi connectivity index (χ1v) is 9.60. The first-order chi connectivity index (χ1) is 12.1. The van der Waals surface area contributed by atoms with Gasteiger partial charge in [0.2, 0.25) is 0 Å². The normalized spacial score (nSPS) is 21.6. The minimum Gasteiger partial charge on any atom is -0.445 e. The highest BCUT2D eigenvalue weighted by Gasteiger charge is 2.29. The average molecular weight is 345 g/mol. The lowest BCUT2D eigenvalue weighted by Crippen LogP contribution is -2.36. The van der Waals surface area contributed by atoms with Gasteiger partial charge in [0.15, 0.2) is 0 Å². The second-order valence-corrected chi connectivity index (χ2v) is 7.21. The third-order valence-corrected chi connectivity index (χ3v) is 5.18. The zero-order valence-electron chi connectivity index (χ0n) is 15.5. The fraction of sp³-hybridized carbons (Fsp3) is 0.619. The van der Waals surface area contributed by atoms with Gasteiger partial charge < -0.3 is 10.1 Å². The van der Waals surface area contributed by atoms with Gasteiger partial charge >= 0.3 is 6.09 Å². The maximum atomic E-state index is 12.1. The SMILES string of the molecule is CCC[C@H](CC[C@H]1C(=O)CCC[C@@H]1C)NC(=O)OCc1ccccc1. The fourth-order valence-corrected chi connectivity index (χ4v) is 3.70. The van der Waals surface area contributed by atoms with Crippen molar-refractivity contribution in [1.82, 2.24) is 5.32 Å². The number of benzene rings is 1. The number of alkyl carbamates (subject to hydrolysis) is 1. The smallest absolute Gasteiger partial charge is 0.407 e. The summed E-state index contributed by atoms with van der Waals surface area (Å²) < 4.78 is 5.32. The molecule has 2 rings (SSSR count). The van der Waals surface area contributed by atoms with E-state index in [1.165, 1.54) is 0 Å². The zero-order valence-corrected chi connectivity index (χ0v) is 15.5. The second kappa shape index (κ2) is 10.2. The van der Waals surface area contributed by atoms with Crippen molar-refractivity contribution in [3.63, 3.8) is 0 Å². The van der Waals surface area contributed by atoms with Gasteiger partial charge in [-0.25, -0.2) is 4.79 Å². The van der Waals surface area contributed by atoms with Gasteiger partial charge in [-0.15, -0.1) is 0 Å². The highest BCUT2D eigenvalue weighted by atomic mass is 16.5. The molecule has 3 atom stereocenters. The summed E-state index contributed by atoms with van der Waals surface area (Å²) in [7, 11) is 0. The van der Waals surface area contributed by atoms with E-state index < -0.39 is 0 Å². The van der Waals surface area contributed by atoms with Crippen molar-refractivity contribution < 1.29 is 14.3 Å². The first-order valence-electron chi connectivity index (χ1n) is 9.60. The molecule has 0 heterocycles. The van der Waals surface area contributed by atoms with Gasteiger partial charge in [0.05, 0.1) is 0 Å². The Balaban J connectivity index is 1.78. The van der Waals surface area contributed by atoms with Gasteiger partial charge in [0.1, 0.15) is 12.4 Å². The number of ketones is 1. The molecule has 1 aromatic rings. The standard InChI is InChI=1S/C21H31NO3/c1-3-8-18(13-14-19-16(2)9-7-12-20(19)23)22-21(24)25-15-17-10-5-4-6-11-17/h4-6,10-11,16,18-19H,3,7-9,12-15H2,1-2H3,(H,22,24)/t16-,18+,19+/m0/s1. The van der Waals surface area contributed by atoms with Crippen molar-refractivity contribution in [2.75, 3.05) is 0 Å². The Morgan fingerprint density at radius 3 is 2.72 bits per heavy atom. The molecular weight excluding hydrogens is 314 g/mol. The summed E-state index contributed by atoms with van der Waals surface area (Å²) in [5.74, 6) is 1.03. The molecule has 1 fully saturated rings. The number of hydrogen-bond donors (Lipinski definition) is 1. The van der Waals surface area contributed by atoms with Crippen LogP contribution in [0, 0.1) is 11.8 Å². The highest BCUT2D eigenvalue weighted by molar-refractivity contribution is 5.81. The maximum Gasteiger partial charge on any atom is 0.407 e. The Hall–Kier alpha value is -1.84. The molecule has 4 heteroatoms. The van der Waals surface area contributed by atoms with Gasteiger partial charge in [-0.05, 0) is 43.6 Å². The van der Waals surface area contributed by atoms with Crippen LogP contribution in [-0.2, 0) is 16.1 Å². The summed E-state index contributed by atoms with van der Waals surface area (Å²) in [5, 5.41) is 2.98. The summed E-state index contributed by atoms with van der Waals surface area (Å²) in [6, 6.07) is 9.75. The van der Waals surface area contributed by atoms with Crippen LogP contribution in [0.15, 0.2) is 30.3 Å². The number of nitrogens with one attached hydrogen (secondary N) is 1. The van der Waals surface area contributed by atoms with Crippen LogP contribution < -0.4 is 5.32 Å². The molecule has 1 aromatic carbocycles. The van der Waals surface area contributed by atoms with Crippen LogP contribution >= 0.6 is 0 Å². The van der Waals surface area contributed by atoms with E-state index in [0.29, 0.717) is 11.7 Å². The van der Waals surface area contributed by atoms with Gasteiger partial charge in [-0.2, -0.15) is 0 Å². The molecule has 0 aromatic heterocycles. The number of hydrogen-bond acceptors (Lipinski definition) is 3. The van der Waals surface area contributed by atoms with Crippen molar-refractivity contribution in [2.45, 2.75) is 71.4 Å². The molecule has 1 aliphatic carbocycles. The van der Waals surface area contributed by atoms with E-state index in [2.05, 4.69) is 19.2 Å². The Morgan fingerprint density at radius 1 is 1.28 bits per heavy atom. The van der Waals surface area contributed by atoms with Crippen molar-refractivity contribution >= 4 is 11.9 Å². The van der Waals surface area contributed by atoms with Crippen molar-refractivity contribution in [1.29, 1.82) is 0 Å². The molecule has 0 spiro atoms. The Morgan fingerprint density at radius 2 is 2.04 bits per heavy atom. The molecule has 25 heavy (non-hydrogen) atoms. The minimum absolute atomic E-state index is 0.0789. The average Bonchev–Trinajstić information content (AvgIpc) is 2.60. The van der Waals surface area contributed by atoms with Crippen LogP contribution in [0.2, 0.25) is 0 Å². The number of amides is 1. The van der Waals surface area contributed by atoms with Gasteiger partial charge in [0.25, 0.3) is 0 Å². The zero-order chi connectivity index (χ0) is 18.1. The van der Waals surface area contributed by atoms with Crippen molar-refractivity contribution in [3.05, 3.63) is 35.9 Å². The monoisotopic (exact) mass is 345 g/mol. The molecule has 4 nitrogen and oxygen atoms in total. The topological polar surface area (TPSA) is 55.4 Å². The molecule has 1 aliphatic rings. The van der Waals surface area contributed by atoms with Gasteiger partial charge in [-0.1, -0.05) is 50.6 Å². The summed E-state index contributed by atoms with van der Waals surface area (Å²) in [5.41, 5.74) is 0.978. The third kappa shape index (κ3) is 6.52. The minimum atomic E-state index is -0.370. The summed E-state index contributed by atoms with van der Waals surface area (Å²) in [4.78, 5) is 24.2. The number of Topliss-reactive ketones (excluding diaryl/α,β-unsaturated/α-hetero) is 1. The van der Waals surface area contributed by atoms with Crippen LogP contribution in [0.25, 0.3) is 0 Å². The van der Waals surface area contributed by atoms with Crippen molar-refractivity contribution in [3.8, 4) is 0 Å². The van der Waals surface area contributed by atoms with E-state index >= 15 is 0 Å². The summed E-state index contributed by atoms with van der Waals surface area (Å²) in [6.07, 6.45) is 6.14. The maximum absolute atomic E-state index is 12.1. The molecule has 0 unspecified atom stereocenters. The van der Waals surface area contributed by atoms with E-state index in [1.54, 1.807) is 0 Å². The predicted molar refractivity (Wildman–Crippen MR) is 99.2 cm³/mol. The fourth-order valence-electron chi connectivity index (χ4n) is 3.70. The molecule has 138 valence electrons. The number of carbonyl (C=O) groups excluding carboxylic acids is 2. The van der Waals surface area contributed by atoms with Gasteiger partial charge in [0, 0.05) is 18.4 Å². The van der Waals surface area contributed by atoms with E-state index in [0.717, 1.165) is 50.5 Å². The Bertz CT molecular complexity index is 543. The molecular formula is C21H31NO3. The van der Waals surface area contributed by atoms with Crippen molar-refractivity contribution in [2.24, 2.45) is 11.8 Å². The largest absolute Gasteiger partial charge is 0.445 e. The lowest BCUT2D eigenvalue weighted by molar-refractivity contribution is -0.126. The first kappa shape index (κ1) is 19.5. The van der Waals surface area contributed by atoms with E-state index in [-0.39, 0.29) is 24.7 Å². The van der Waals surface area contributed by atoms with Crippen LogP contribution in [0.4, 0.5) is 4.79 Å². The third-order valence-electron chi connectivity index (χ3n) is 5.18. The molecule has 1 N–H and O–H groups in total. The van der Waals surface area contributed by atoms with Crippen LogP contribution in [0.5, 0.6) is 0 Å². The van der Waals surface area contributed by atoms with E-state index in [4.69, 9.17) is 4.74 Å².